The van der Waals surface area contributed by atoms with Crippen LogP contribution in [0.3, 0.4) is 0 Å². The van der Waals surface area contributed by atoms with Gasteiger partial charge in [-0.25, -0.2) is 0 Å². The van der Waals surface area contributed by atoms with Crippen molar-refractivity contribution < 1.29 is 0 Å². The van der Waals surface area contributed by atoms with Crippen LogP contribution in [0.5, 0.6) is 0 Å². The number of rotatable bonds is 0. The minimum absolute atomic E-state index is 0.834. The van der Waals surface area contributed by atoms with Crippen LogP contribution in [-0.2, 0) is 0 Å². The first kappa shape index (κ1) is 7.43. The maximum absolute atomic E-state index is 5.76. The molecule has 4 N–H and O–H groups in total. The fraction of sp³-hybridized carbons (Fsp3) is 0.111. The standard InChI is InChI=1S/C9H10N2S/c1-5-2-8-6(3-7(5)10)4-9(11)12-8/h2-4H,10-11H2,1H3. The maximum atomic E-state index is 5.76. The number of nitrogen functional groups attached to an aromatic ring is 2. The van der Waals surface area contributed by atoms with E-state index in [1.807, 2.05) is 19.1 Å². The molecule has 62 valence electrons. The fourth-order valence-corrected chi connectivity index (χ4v) is 2.14. The summed E-state index contributed by atoms with van der Waals surface area (Å²) < 4.78 is 1.21. The first-order valence-corrected chi connectivity index (χ1v) is 4.53. The van der Waals surface area contributed by atoms with Crippen molar-refractivity contribution in [2.75, 3.05) is 11.5 Å². The van der Waals surface area contributed by atoms with Crippen molar-refractivity contribution in [3.8, 4) is 0 Å². The molecule has 0 spiro atoms. The third kappa shape index (κ3) is 1.02. The van der Waals surface area contributed by atoms with Crippen LogP contribution in [-0.4, -0.2) is 0 Å². The van der Waals surface area contributed by atoms with Crippen LogP contribution in [0.15, 0.2) is 18.2 Å². The van der Waals surface area contributed by atoms with Gasteiger partial charge in [0.05, 0.1) is 5.00 Å². The monoisotopic (exact) mass is 178 g/mol. The molecule has 3 heteroatoms. The summed E-state index contributed by atoms with van der Waals surface area (Å²) in [4.78, 5) is 0. The largest absolute Gasteiger partial charge is 0.398 e. The third-order valence-electron chi connectivity index (χ3n) is 1.92. The second-order valence-electron chi connectivity index (χ2n) is 2.90. The first-order chi connectivity index (χ1) is 5.66. The molecule has 0 radical (unpaired) electrons. The van der Waals surface area contributed by atoms with Gasteiger partial charge >= 0.3 is 0 Å². The van der Waals surface area contributed by atoms with Crippen LogP contribution in [0.1, 0.15) is 5.56 Å². The summed E-state index contributed by atoms with van der Waals surface area (Å²) in [6, 6.07) is 6.00. The molecule has 12 heavy (non-hydrogen) atoms. The van der Waals surface area contributed by atoms with E-state index < -0.39 is 0 Å². The minimum atomic E-state index is 0.834. The second-order valence-corrected chi connectivity index (χ2v) is 4.01. The zero-order valence-corrected chi connectivity index (χ0v) is 7.61. The third-order valence-corrected chi connectivity index (χ3v) is 2.85. The molecule has 1 aromatic heterocycles. The molecule has 0 aliphatic rings. The number of nitrogens with two attached hydrogens (primary N) is 2. The molecule has 0 atom stereocenters. The Morgan fingerprint density at radius 2 is 1.92 bits per heavy atom. The van der Waals surface area contributed by atoms with Crippen LogP contribution in [0.4, 0.5) is 10.7 Å². The average molecular weight is 178 g/mol. The van der Waals surface area contributed by atoms with E-state index in [9.17, 15) is 0 Å². The Hall–Kier alpha value is -1.22. The molecule has 0 bridgehead atoms. The van der Waals surface area contributed by atoms with E-state index in [1.54, 1.807) is 11.3 Å². The molecule has 0 saturated carbocycles. The highest BCUT2D eigenvalue weighted by Gasteiger charge is 2.01. The van der Waals surface area contributed by atoms with Gasteiger partial charge in [-0.2, -0.15) is 0 Å². The van der Waals surface area contributed by atoms with E-state index in [2.05, 4.69) is 6.07 Å². The Labute approximate surface area is 74.8 Å². The zero-order valence-electron chi connectivity index (χ0n) is 6.79. The fourth-order valence-electron chi connectivity index (χ4n) is 1.23. The highest BCUT2D eigenvalue weighted by Crippen LogP contribution is 2.30. The lowest BCUT2D eigenvalue weighted by Crippen LogP contribution is -1.87. The summed E-state index contributed by atoms with van der Waals surface area (Å²) in [6.45, 7) is 2.00. The number of fused-ring (bicyclic) bond motifs is 1. The number of aryl methyl sites for hydroxylation is 1. The Morgan fingerprint density at radius 3 is 2.67 bits per heavy atom. The highest BCUT2D eigenvalue weighted by atomic mass is 32.1. The van der Waals surface area contributed by atoms with E-state index in [1.165, 1.54) is 4.70 Å². The first-order valence-electron chi connectivity index (χ1n) is 3.72. The molecule has 0 unspecified atom stereocenters. The van der Waals surface area contributed by atoms with Crippen LogP contribution in [0.25, 0.3) is 10.1 Å². The molecule has 0 aliphatic carbocycles. The van der Waals surface area contributed by atoms with E-state index >= 15 is 0 Å². The van der Waals surface area contributed by atoms with E-state index in [4.69, 9.17) is 11.5 Å². The van der Waals surface area contributed by atoms with Crippen LogP contribution in [0.2, 0.25) is 0 Å². The molecular weight excluding hydrogens is 168 g/mol. The molecule has 2 rings (SSSR count). The SMILES string of the molecule is Cc1cc2sc(N)cc2cc1N. The lowest BCUT2D eigenvalue weighted by Gasteiger charge is -1.97. The van der Waals surface area contributed by atoms with Gasteiger partial charge in [-0.1, -0.05) is 0 Å². The predicted molar refractivity (Wildman–Crippen MR) is 55.4 cm³/mol. The molecule has 2 aromatic rings. The van der Waals surface area contributed by atoms with Gasteiger partial charge in [0, 0.05) is 10.4 Å². The normalized spacial score (nSPS) is 10.8. The number of benzene rings is 1. The summed E-state index contributed by atoms with van der Waals surface area (Å²) in [6.07, 6.45) is 0. The van der Waals surface area contributed by atoms with Gasteiger partial charge in [0.25, 0.3) is 0 Å². The second kappa shape index (κ2) is 2.38. The quantitative estimate of drug-likeness (QED) is 0.608. The molecule has 0 aliphatic heterocycles. The van der Waals surface area contributed by atoms with Gasteiger partial charge in [0.1, 0.15) is 0 Å². The van der Waals surface area contributed by atoms with Gasteiger partial charge < -0.3 is 11.5 Å². The molecular formula is C9H10N2S. The van der Waals surface area contributed by atoms with Crippen molar-refractivity contribution in [2.45, 2.75) is 6.92 Å². The number of hydrogen-bond acceptors (Lipinski definition) is 3. The van der Waals surface area contributed by atoms with Crippen LogP contribution < -0.4 is 11.5 Å². The highest BCUT2D eigenvalue weighted by molar-refractivity contribution is 7.22. The van der Waals surface area contributed by atoms with E-state index in [0.717, 1.165) is 21.6 Å². The lowest BCUT2D eigenvalue weighted by molar-refractivity contribution is 1.51. The van der Waals surface area contributed by atoms with Crippen molar-refractivity contribution in [3.63, 3.8) is 0 Å². The number of anilines is 2. The smallest absolute Gasteiger partial charge is 0.0868 e. The molecule has 1 heterocycles. The molecule has 0 amide bonds. The van der Waals surface area contributed by atoms with Crippen LogP contribution in [0, 0.1) is 6.92 Å². The van der Waals surface area contributed by atoms with E-state index in [-0.39, 0.29) is 0 Å². The zero-order chi connectivity index (χ0) is 8.72. The van der Waals surface area contributed by atoms with Gasteiger partial charge in [-0.3, -0.25) is 0 Å². The van der Waals surface area contributed by atoms with Gasteiger partial charge in [0.2, 0.25) is 0 Å². The number of thiophene rings is 1. The summed E-state index contributed by atoms with van der Waals surface area (Å²) >= 11 is 1.60. The van der Waals surface area contributed by atoms with Crippen molar-refractivity contribution in [2.24, 2.45) is 0 Å². The van der Waals surface area contributed by atoms with Crippen molar-refractivity contribution in [1.29, 1.82) is 0 Å². The molecule has 1 aromatic carbocycles. The van der Waals surface area contributed by atoms with Gasteiger partial charge in [-0.05, 0) is 36.1 Å². The topological polar surface area (TPSA) is 52.0 Å². The van der Waals surface area contributed by atoms with E-state index in [0.29, 0.717) is 0 Å². The maximum Gasteiger partial charge on any atom is 0.0868 e. The Morgan fingerprint density at radius 1 is 1.17 bits per heavy atom. The summed E-state index contributed by atoms with van der Waals surface area (Å²) in [5, 5.41) is 1.98. The van der Waals surface area contributed by atoms with Crippen molar-refractivity contribution in [1.82, 2.24) is 0 Å². The predicted octanol–water partition coefficient (Wildman–Crippen LogP) is 2.37. The minimum Gasteiger partial charge on any atom is -0.398 e. The average Bonchev–Trinajstić information content (AvgIpc) is 2.30. The van der Waals surface area contributed by atoms with Crippen molar-refractivity contribution >= 4 is 32.1 Å². The lowest BCUT2D eigenvalue weighted by atomic mass is 10.1. The molecule has 0 fully saturated rings. The Kier molecular flexibility index (Phi) is 1.48. The van der Waals surface area contributed by atoms with Gasteiger partial charge in [-0.15, -0.1) is 11.3 Å². The summed E-state index contributed by atoms with van der Waals surface area (Å²) in [5.41, 5.74) is 13.4. The molecule has 0 saturated heterocycles. The summed E-state index contributed by atoms with van der Waals surface area (Å²) in [5.74, 6) is 0. The Balaban J connectivity index is 2.83. The van der Waals surface area contributed by atoms with Crippen molar-refractivity contribution in [3.05, 3.63) is 23.8 Å². The van der Waals surface area contributed by atoms with Crippen LogP contribution >= 0.6 is 11.3 Å². The number of hydrogen-bond donors (Lipinski definition) is 2. The van der Waals surface area contributed by atoms with Gasteiger partial charge in [0.15, 0.2) is 0 Å². The Bertz CT molecular complexity index is 392. The summed E-state index contributed by atoms with van der Waals surface area (Å²) in [7, 11) is 0. The molecule has 2 nitrogen and oxygen atoms in total.